The summed E-state index contributed by atoms with van der Waals surface area (Å²) in [5, 5.41) is 0. The number of ketones is 1. The summed E-state index contributed by atoms with van der Waals surface area (Å²) in [6.45, 7) is 3.53. The van der Waals surface area contributed by atoms with Gasteiger partial charge in [0.05, 0.1) is 5.56 Å². The largest absolute Gasteiger partial charge is 0.449 e. The van der Waals surface area contributed by atoms with Crippen molar-refractivity contribution < 1.29 is 19.1 Å². The molecule has 0 heterocycles. The summed E-state index contributed by atoms with van der Waals surface area (Å²) in [4.78, 5) is 40.2. The molecule has 1 atom stereocenters. The molecule has 1 fully saturated rings. The number of amides is 1. The second kappa shape index (κ2) is 9.70. The molecular formula is C25H29NO4. The molecule has 1 aliphatic rings. The Morgan fingerprint density at radius 3 is 2.17 bits per heavy atom. The van der Waals surface area contributed by atoms with Gasteiger partial charge in [0, 0.05) is 24.2 Å². The van der Waals surface area contributed by atoms with Gasteiger partial charge in [0.1, 0.15) is 0 Å². The van der Waals surface area contributed by atoms with Gasteiger partial charge in [-0.2, -0.15) is 0 Å². The van der Waals surface area contributed by atoms with Crippen LogP contribution in [0.1, 0.15) is 70.9 Å². The maximum absolute atomic E-state index is 12.9. The number of carbonyl (C=O) groups is 3. The van der Waals surface area contributed by atoms with E-state index in [1.54, 1.807) is 55.3 Å². The van der Waals surface area contributed by atoms with E-state index in [9.17, 15) is 14.4 Å². The SMILES string of the molecule is Cc1ccc(C(=O)c2ccccc2C(=O)O[C@@H](C)C(=O)N(C)C2CCCCC2)cc1. The van der Waals surface area contributed by atoms with E-state index in [2.05, 4.69) is 0 Å². The molecule has 1 saturated carbocycles. The van der Waals surface area contributed by atoms with E-state index < -0.39 is 12.1 Å². The van der Waals surface area contributed by atoms with Crippen LogP contribution in [0.5, 0.6) is 0 Å². The molecular weight excluding hydrogens is 378 g/mol. The topological polar surface area (TPSA) is 63.7 Å². The molecule has 0 unspecified atom stereocenters. The minimum absolute atomic E-state index is 0.169. The first-order valence-corrected chi connectivity index (χ1v) is 10.6. The minimum Gasteiger partial charge on any atom is -0.449 e. The summed E-state index contributed by atoms with van der Waals surface area (Å²) in [5.74, 6) is -1.12. The minimum atomic E-state index is -0.910. The van der Waals surface area contributed by atoms with Crippen molar-refractivity contribution in [2.45, 2.75) is 58.1 Å². The smallest absolute Gasteiger partial charge is 0.339 e. The number of aryl methyl sites for hydroxylation is 1. The van der Waals surface area contributed by atoms with Crippen molar-refractivity contribution >= 4 is 17.7 Å². The van der Waals surface area contributed by atoms with Crippen LogP contribution in [-0.4, -0.2) is 41.8 Å². The Morgan fingerprint density at radius 2 is 1.53 bits per heavy atom. The van der Waals surface area contributed by atoms with E-state index in [4.69, 9.17) is 4.74 Å². The zero-order valence-corrected chi connectivity index (χ0v) is 17.9. The van der Waals surface area contributed by atoms with Crippen molar-refractivity contribution in [3.8, 4) is 0 Å². The van der Waals surface area contributed by atoms with E-state index in [0.29, 0.717) is 5.56 Å². The van der Waals surface area contributed by atoms with Gasteiger partial charge >= 0.3 is 5.97 Å². The molecule has 0 aliphatic heterocycles. The van der Waals surface area contributed by atoms with Crippen molar-refractivity contribution in [3.05, 3.63) is 70.8 Å². The maximum Gasteiger partial charge on any atom is 0.339 e. The summed E-state index contributed by atoms with van der Waals surface area (Å²) in [6, 6.07) is 14.0. The van der Waals surface area contributed by atoms with Gasteiger partial charge in [-0.25, -0.2) is 4.79 Å². The maximum atomic E-state index is 12.9. The standard InChI is InChI=1S/C25H29NO4/c1-17-13-15-19(16-14-17)23(27)21-11-7-8-12-22(21)25(29)30-18(2)24(28)26(3)20-9-5-4-6-10-20/h7-8,11-16,18,20H,4-6,9-10H2,1-3H3/t18-/m0/s1. The molecule has 5 nitrogen and oxygen atoms in total. The average molecular weight is 408 g/mol. The molecule has 5 heteroatoms. The predicted octanol–water partition coefficient (Wildman–Crippen LogP) is 4.56. The second-order valence-corrected chi connectivity index (χ2v) is 8.03. The van der Waals surface area contributed by atoms with Gasteiger partial charge in [0.25, 0.3) is 5.91 Å². The van der Waals surface area contributed by atoms with Gasteiger partial charge in [-0.3, -0.25) is 9.59 Å². The van der Waals surface area contributed by atoms with Crippen molar-refractivity contribution in [1.82, 2.24) is 4.90 Å². The molecule has 0 bridgehead atoms. The third-order valence-corrected chi connectivity index (χ3v) is 5.81. The number of hydrogen-bond donors (Lipinski definition) is 0. The van der Waals surface area contributed by atoms with Crippen LogP contribution in [-0.2, 0) is 9.53 Å². The second-order valence-electron chi connectivity index (χ2n) is 8.03. The molecule has 0 radical (unpaired) electrons. The summed E-state index contributed by atoms with van der Waals surface area (Å²) in [6.07, 6.45) is 4.49. The lowest BCUT2D eigenvalue weighted by molar-refractivity contribution is -0.141. The van der Waals surface area contributed by atoms with Gasteiger partial charge in [0.15, 0.2) is 11.9 Å². The third kappa shape index (κ3) is 4.96. The Hall–Kier alpha value is -2.95. The molecule has 0 aromatic heterocycles. The molecule has 158 valence electrons. The van der Waals surface area contributed by atoms with Crippen molar-refractivity contribution in [1.29, 1.82) is 0 Å². The van der Waals surface area contributed by atoms with Crippen molar-refractivity contribution in [2.75, 3.05) is 7.05 Å². The summed E-state index contributed by atoms with van der Waals surface area (Å²) >= 11 is 0. The highest BCUT2D eigenvalue weighted by Crippen LogP contribution is 2.23. The third-order valence-electron chi connectivity index (χ3n) is 5.81. The summed E-state index contributed by atoms with van der Waals surface area (Å²) in [5.41, 5.74) is 1.99. The lowest BCUT2D eigenvalue weighted by Crippen LogP contribution is -2.44. The highest BCUT2D eigenvalue weighted by Gasteiger charge is 2.29. The quantitative estimate of drug-likeness (QED) is 0.520. The van der Waals surface area contributed by atoms with E-state index in [0.717, 1.165) is 31.2 Å². The van der Waals surface area contributed by atoms with Crippen LogP contribution in [0.2, 0.25) is 0 Å². The van der Waals surface area contributed by atoms with Crippen LogP contribution in [0.4, 0.5) is 0 Å². The number of rotatable bonds is 6. The number of benzene rings is 2. The number of hydrogen-bond acceptors (Lipinski definition) is 4. The normalized spacial score (nSPS) is 15.3. The van der Waals surface area contributed by atoms with Gasteiger partial charge < -0.3 is 9.64 Å². The summed E-state index contributed by atoms with van der Waals surface area (Å²) in [7, 11) is 1.78. The number of esters is 1. The Morgan fingerprint density at radius 1 is 0.933 bits per heavy atom. The van der Waals surface area contributed by atoms with Gasteiger partial charge in [0.2, 0.25) is 0 Å². The molecule has 0 spiro atoms. The van der Waals surface area contributed by atoms with E-state index in [-0.39, 0.29) is 28.9 Å². The van der Waals surface area contributed by atoms with Crippen LogP contribution in [0.15, 0.2) is 48.5 Å². The molecule has 1 amide bonds. The van der Waals surface area contributed by atoms with Crippen LogP contribution in [0.3, 0.4) is 0 Å². The molecule has 2 aromatic carbocycles. The van der Waals surface area contributed by atoms with Gasteiger partial charge in [-0.1, -0.05) is 67.3 Å². The zero-order chi connectivity index (χ0) is 21.7. The van der Waals surface area contributed by atoms with Crippen molar-refractivity contribution in [2.24, 2.45) is 0 Å². The molecule has 0 saturated heterocycles. The fraction of sp³-hybridized carbons (Fsp3) is 0.400. The van der Waals surface area contributed by atoms with Crippen LogP contribution in [0, 0.1) is 6.92 Å². The molecule has 3 rings (SSSR count). The lowest BCUT2D eigenvalue weighted by atomic mass is 9.94. The van der Waals surface area contributed by atoms with Crippen LogP contribution in [0.25, 0.3) is 0 Å². The highest BCUT2D eigenvalue weighted by atomic mass is 16.5. The number of ether oxygens (including phenoxy) is 1. The van der Waals surface area contributed by atoms with E-state index in [1.165, 1.54) is 6.42 Å². The molecule has 0 N–H and O–H groups in total. The van der Waals surface area contributed by atoms with Crippen molar-refractivity contribution in [3.63, 3.8) is 0 Å². The fourth-order valence-electron chi connectivity index (χ4n) is 3.93. The van der Waals surface area contributed by atoms with Crippen LogP contribution < -0.4 is 0 Å². The lowest BCUT2D eigenvalue weighted by Gasteiger charge is -2.32. The number of likely N-dealkylation sites (N-methyl/N-ethyl adjacent to an activating group) is 1. The monoisotopic (exact) mass is 407 g/mol. The Bertz CT molecular complexity index is 913. The number of carbonyl (C=O) groups excluding carboxylic acids is 3. The fourth-order valence-corrected chi connectivity index (χ4v) is 3.93. The van der Waals surface area contributed by atoms with Crippen LogP contribution >= 0.6 is 0 Å². The summed E-state index contributed by atoms with van der Waals surface area (Å²) < 4.78 is 5.47. The Labute approximate surface area is 178 Å². The zero-order valence-electron chi connectivity index (χ0n) is 17.9. The average Bonchev–Trinajstić information content (AvgIpc) is 2.78. The first-order valence-electron chi connectivity index (χ1n) is 10.6. The Kier molecular flexibility index (Phi) is 7.03. The molecule has 2 aromatic rings. The first-order chi connectivity index (χ1) is 14.4. The Balaban J connectivity index is 1.73. The molecule has 1 aliphatic carbocycles. The van der Waals surface area contributed by atoms with E-state index in [1.807, 2.05) is 19.1 Å². The van der Waals surface area contributed by atoms with Gasteiger partial charge in [-0.15, -0.1) is 0 Å². The predicted molar refractivity (Wildman–Crippen MR) is 116 cm³/mol. The first kappa shape index (κ1) is 21.8. The molecule has 30 heavy (non-hydrogen) atoms. The van der Waals surface area contributed by atoms with Gasteiger partial charge in [-0.05, 0) is 32.8 Å². The number of nitrogens with zero attached hydrogens (tertiary/aromatic N) is 1. The van der Waals surface area contributed by atoms with E-state index >= 15 is 0 Å². The highest BCUT2D eigenvalue weighted by molar-refractivity contribution is 6.14.